The van der Waals surface area contributed by atoms with E-state index in [1.165, 1.54) is 17.5 Å². The summed E-state index contributed by atoms with van der Waals surface area (Å²) >= 11 is 0. The number of fused-ring (bicyclic) bond motifs is 1. The maximum atomic E-state index is 5.88. The Morgan fingerprint density at radius 2 is 1.94 bits per heavy atom. The van der Waals surface area contributed by atoms with Crippen LogP contribution in [0.1, 0.15) is 25.0 Å². The first-order valence-corrected chi connectivity index (χ1v) is 6.23. The lowest BCUT2D eigenvalue weighted by Crippen LogP contribution is -2.46. The Balaban J connectivity index is 2.12. The van der Waals surface area contributed by atoms with Crippen LogP contribution in [0.4, 0.5) is 0 Å². The van der Waals surface area contributed by atoms with Gasteiger partial charge in [0.2, 0.25) is 0 Å². The molecular weight excluding hydrogens is 196 g/mol. The molecule has 1 aliphatic heterocycles. The Labute approximate surface area is 98.4 Å². The van der Waals surface area contributed by atoms with E-state index in [0.717, 1.165) is 19.6 Å². The zero-order valence-corrected chi connectivity index (χ0v) is 10.3. The Hall–Kier alpha value is -0.860. The molecule has 0 amide bonds. The molecule has 0 saturated carbocycles. The third-order valence-corrected chi connectivity index (χ3v) is 3.64. The van der Waals surface area contributed by atoms with Crippen LogP contribution in [0, 0.1) is 5.92 Å². The predicted molar refractivity (Wildman–Crippen MR) is 68.2 cm³/mol. The van der Waals surface area contributed by atoms with Crippen molar-refractivity contribution in [1.82, 2.24) is 4.90 Å². The lowest BCUT2D eigenvalue weighted by Gasteiger charge is -2.37. The molecule has 1 aliphatic rings. The molecule has 0 aliphatic carbocycles. The first-order chi connectivity index (χ1) is 7.72. The zero-order valence-electron chi connectivity index (χ0n) is 10.3. The fourth-order valence-corrected chi connectivity index (χ4v) is 2.64. The molecule has 2 heteroatoms. The van der Waals surface area contributed by atoms with Gasteiger partial charge < -0.3 is 5.73 Å². The Bertz CT molecular complexity index is 346. The van der Waals surface area contributed by atoms with Crippen molar-refractivity contribution in [3.05, 3.63) is 35.4 Å². The molecule has 88 valence electrons. The minimum absolute atomic E-state index is 0.522. The normalized spacial score (nSPS) is 18.5. The average molecular weight is 218 g/mol. The van der Waals surface area contributed by atoms with E-state index >= 15 is 0 Å². The first kappa shape index (κ1) is 11.6. The summed E-state index contributed by atoms with van der Waals surface area (Å²) in [4.78, 5) is 2.53. The molecule has 0 saturated heterocycles. The van der Waals surface area contributed by atoms with Crippen LogP contribution in [0.15, 0.2) is 24.3 Å². The number of hydrogen-bond donors (Lipinski definition) is 1. The number of benzene rings is 1. The largest absolute Gasteiger partial charge is 0.329 e. The van der Waals surface area contributed by atoms with Crippen LogP contribution in [-0.2, 0) is 13.0 Å². The molecule has 1 heterocycles. The highest BCUT2D eigenvalue weighted by atomic mass is 15.2. The van der Waals surface area contributed by atoms with E-state index in [0.29, 0.717) is 12.0 Å². The lowest BCUT2D eigenvalue weighted by atomic mass is 9.95. The second kappa shape index (κ2) is 4.98. The minimum Gasteiger partial charge on any atom is -0.329 e. The van der Waals surface area contributed by atoms with E-state index < -0.39 is 0 Å². The van der Waals surface area contributed by atoms with Gasteiger partial charge in [-0.2, -0.15) is 0 Å². The van der Waals surface area contributed by atoms with Gasteiger partial charge in [-0.3, -0.25) is 4.90 Å². The SMILES string of the molecule is CC(C)C(CN)N1CCc2ccccc2C1. The average Bonchev–Trinajstić information content (AvgIpc) is 2.29. The molecule has 2 N–H and O–H groups in total. The van der Waals surface area contributed by atoms with Gasteiger partial charge in [0.1, 0.15) is 0 Å². The number of hydrogen-bond acceptors (Lipinski definition) is 2. The van der Waals surface area contributed by atoms with Crippen LogP contribution in [0.5, 0.6) is 0 Å². The fourth-order valence-electron chi connectivity index (χ4n) is 2.64. The minimum atomic E-state index is 0.522. The summed E-state index contributed by atoms with van der Waals surface area (Å²) in [6, 6.07) is 9.29. The maximum Gasteiger partial charge on any atom is 0.0245 e. The molecule has 0 fully saturated rings. The molecule has 0 bridgehead atoms. The first-order valence-electron chi connectivity index (χ1n) is 6.23. The predicted octanol–water partition coefficient (Wildman–Crippen LogP) is 2.03. The van der Waals surface area contributed by atoms with E-state index in [1.807, 2.05) is 0 Å². The van der Waals surface area contributed by atoms with Crippen LogP contribution in [-0.4, -0.2) is 24.0 Å². The summed E-state index contributed by atoms with van der Waals surface area (Å²) in [5.74, 6) is 0.635. The summed E-state index contributed by atoms with van der Waals surface area (Å²) in [6.45, 7) is 7.50. The van der Waals surface area contributed by atoms with Crippen LogP contribution in [0.3, 0.4) is 0 Å². The van der Waals surface area contributed by atoms with Crippen LogP contribution >= 0.6 is 0 Å². The van der Waals surface area contributed by atoms with Gasteiger partial charge in [-0.05, 0) is 23.5 Å². The van der Waals surface area contributed by atoms with E-state index in [2.05, 4.69) is 43.0 Å². The third-order valence-electron chi connectivity index (χ3n) is 3.64. The Morgan fingerprint density at radius 3 is 2.56 bits per heavy atom. The number of rotatable bonds is 3. The van der Waals surface area contributed by atoms with E-state index in [9.17, 15) is 0 Å². The summed E-state index contributed by atoms with van der Waals surface area (Å²) in [7, 11) is 0. The zero-order chi connectivity index (χ0) is 11.5. The molecule has 1 aromatic rings. The monoisotopic (exact) mass is 218 g/mol. The van der Waals surface area contributed by atoms with Gasteiger partial charge in [0.05, 0.1) is 0 Å². The maximum absolute atomic E-state index is 5.88. The van der Waals surface area contributed by atoms with Crippen molar-refractivity contribution >= 4 is 0 Å². The van der Waals surface area contributed by atoms with Gasteiger partial charge in [-0.15, -0.1) is 0 Å². The molecule has 0 radical (unpaired) electrons. The smallest absolute Gasteiger partial charge is 0.0245 e. The fraction of sp³-hybridized carbons (Fsp3) is 0.571. The van der Waals surface area contributed by atoms with Crippen LogP contribution in [0.2, 0.25) is 0 Å². The van der Waals surface area contributed by atoms with Crippen molar-refractivity contribution in [3.8, 4) is 0 Å². The van der Waals surface area contributed by atoms with Gasteiger partial charge in [0.15, 0.2) is 0 Å². The summed E-state index contributed by atoms with van der Waals surface area (Å²) < 4.78 is 0. The molecular formula is C14H22N2. The number of nitrogens with two attached hydrogens (primary N) is 1. The van der Waals surface area contributed by atoms with Gasteiger partial charge in [0.25, 0.3) is 0 Å². The lowest BCUT2D eigenvalue weighted by molar-refractivity contribution is 0.144. The Kier molecular flexibility index (Phi) is 3.62. The molecule has 2 rings (SSSR count). The van der Waals surface area contributed by atoms with Gasteiger partial charge in [0, 0.05) is 25.7 Å². The van der Waals surface area contributed by atoms with E-state index in [-0.39, 0.29) is 0 Å². The highest BCUT2D eigenvalue weighted by Gasteiger charge is 2.24. The van der Waals surface area contributed by atoms with Crippen LogP contribution < -0.4 is 5.73 Å². The third kappa shape index (κ3) is 2.28. The van der Waals surface area contributed by atoms with Gasteiger partial charge in [-0.25, -0.2) is 0 Å². The van der Waals surface area contributed by atoms with E-state index in [4.69, 9.17) is 5.73 Å². The molecule has 0 aromatic heterocycles. The quantitative estimate of drug-likeness (QED) is 0.841. The summed E-state index contributed by atoms with van der Waals surface area (Å²) in [5.41, 5.74) is 8.87. The highest BCUT2D eigenvalue weighted by Crippen LogP contribution is 2.22. The standard InChI is InChI=1S/C14H22N2/c1-11(2)14(9-15)16-8-7-12-5-3-4-6-13(12)10-16/h3-6,11,14H,7-10,15H2,1-2H3. The van der Waals surface area contributed by atoms with Crippen molar-refractivity contribution in [2.24, 2.45) is 11.7 Å². The summed E-state index contributed by atoms with van der Waals surface area (Å²) in [6.07, 6.45) is 1.17. The molecule has 1 unspecified atom stereocenters. The molecule has 16 heavy (non-hydrogen) atoms. The van der Waals surface area contributed by atoms with Crippen molar-refractivity contribution in [1.29, 1.82) is 0 Å². The second-order valence-electron chi connectivity index (χ2n) is 5.04. The summed E-state index contributed by atoms with van der Waals surface area (Å²) in [5, 5.41) is 0. The highest BCUT2D eigenvalue weighted by molar-refractivity contribution is 5.29. The van der Waals surface area contributed by atoms with E-state index in [1.54, 1.807) is 0 Å². The number of nitrogens with zero attached hydrogens (tertiary/aromatic N) is 1. The molecule has 1 aromatic carbocycles. The van der Waals surface area contributed by atoms with Crippen molar-refractivity contribution in [2.45, 2.75) is 32.9 Å². The van der Waals surface area contributed by atoms with Crippen molar-refractivity contribution in [3.63, 3.8) is 0 Å². The van der Waals surface area contributed by atoms with Gasteiger partial charge >= 0.3 is 0 Å². The molecule has 1 atom stereocenters. The van der Waals surface area contributed by atoms with Crippen molar-refractivity contribution < 1.29 is 0 Å². The second-order valence-corrected chi connectivity index (χ2v) is 5.04. The van der Waals surface area contributed by atoms with Crippen LogP contribution in [0.25, 0.3) is 0 Å². The van der Waals surface area contributed by atoms with Gasteiger partial charge in [-0.1, -0.05) is 38.1 Å². The van der Waals surface area contributed by atoms with Crippen molar-refractivity contribution in [2.75, 3.05) is 13.1 Å². The molecule has 0 spiro atoms. The topological polar surface area (TPSA) is 29.3 Å². The Morgan fingerprint density at radius 1 is 1.25 bits per heavy atom. The molecule has 2 nitrogen and oxygen atoms in total.